The predicted octanol–water partition coefficient (Wildman–Crippen LogP) is 2.79. The molecule has 33 heavy (non-hydrogen) atoms. The van der Waals surface area contributed by atoms with E-state index in [0.29, 0.717) is 34.9 Å². The maximum atomic E-state index is 12.7. The molecule has 0 aliphatic carbocycles. The van der Waals surface area contributed by atoms with E-state index in [2.05, 4.69) is 25.9 Å². The summed E-state index contributed by atoms with van der Waals surface area (Å²) in [7, 11) is 0. The molecule has 0 saturated carbocycles. The summed E-state index contributed by atoms with van der Waals surface area (Å²) in [5, 5.41) is 9.68. The van der Waals surface area contributed by atoms with Gasteiger partial charge in [0.2, 0.25) is 0 Å². The molecule has 8 nitrogen and oxygen atoms in total. The molecule has 1 saturated heterocycles. The molecule has 0 bridgehead atoms. The Kier molecular flexibility index (Phi) is 7.16. The van der Waals surface area contributed by atoms with Gasteiger partial charge >= 0.3 is 0 Å². The van der Waals surface area contributed by atoms with Gasteiger partial charge in [-0.15, -0.1) is 0 Å². The third-order valence-corrected chi connectivity index (χ3v) is 5.83. The van der Waals surface area contributed by atoms with Crippen LogP contribution in [0.25, 0.3) is 11.3 Å². The van der Waals surface area contributed by atoms with E-state index in [0.717, 1.165) is 24.9 Å². The number of aromatic nitrogens is 2. The standard InChI is InChI=1S/C24H25ClN6O2/c25-19-9-2-1-5-17(19)12-29-23(32)16-7-3-6-15(11-16)20-14-28-22(26)21(31-20)24(33)30-18-8-4-10-27-13-18/h1-3,5-7,9,11,14,18,27H,4,8,10,12-13H2,(H2,26,28)(H,29,32)(H,30,33)/t18-/m0/s1. The predicted molar refractivity (Wildman–Crippen MR) is 128 cm³/mol. The van der Waals surface area contributed by atoms with Gasteiger partial charge in [-0.2, -0.15) is 0 Å². The number of nitrogens with zero attached hydrogens (tertiary/aromatic N) is 2. The van der Waals surface area contributed by atoms with Gasteiger partial charge in [-0.3, -0.25) is 9.59 Å². The quantitative estimate of drug-likeness (QED) is 0.445. The minimum atomic E-state index is -0.357. The number of hydrogen-bond acceptors (Lipinski definition) is 6. The van der Waals surface area contributed by atoms with E-state index >= 15 is 0 Å². The fourth-order valence-corrected chi connectivity index (χ4v) is 3.88. The van der Waals surface area contributed by atoms with Crippen LogP contribution in [0.4, 0.5) is 5.82 Å². The van der Waals surface area contributed by atoms with Gasteiger partial charge in [-0.1, -0.05) is 41.9 Å². The monoisotopic (exact) mass is 464 g/mol. The van der Waals surface area contributed by atoms with E-state index in [4.69, 9.17) is 17.3 Å². The highest BCUT2D eigenvalue weighted by Crippen LogP contribution is 2.21. The van der Waals surface area contributed by atoms with Crippen LogP contribution < -0.4 is 21.7 Å². The molecule has 0 unspecified atom stereocenters. The molecule has 0 spiro atoms. The normalized spacial score (nSPS) is 15.6. The SMILES string of the molecule is Nc1ncc(-c2cccc(C(=O)NCc3ccccc3Cl)c2)nc1C(=O)N[C@H]1CCCNC1. The summed E-state index contributed by atoms with van der Waals surface area (Å²) in [5.74, 6) is -0.541. The van der Waals surface area contributed by atoms with Crippen molar-refractivity contribution in [2.24, 2.45) is 0 Å². The number of nitrogens with one attached hydrogen (secondary N) is 3. The number of benzene rings is 2. The van der Waals surface area contributed by atoms with Crippen LogP contribution in [0.1, 0.15) is 39.3 Å². The van der Waals surface area contributed by atoms with Crippen molar-refractivity contribution in [3.8, 4) is 11.3 Å². The number of hydrogen-bond donors (Lipinski definition) is 4. The van der Waals surface area contributed by atoms with E-state index in [-0.39, 0.29) is 29.4 Å². The van der Waals surface area contributed by atoms with Crippen molar-refractivity contribution in [2.45, 2.75) is 25.4 Å². The molecule has 2 aromatic carbocycles. The molecule has 1 aliphatic rings. The second-order valence-corrected chi connectivity index (χ2v) is 8.27. The Hall–Kier alpha value is -3.49. The van der Waals surface area contributed by atoms with Crippen molar-refractivity contribution < 1.29 is 9.59 Å². The summed E-state index contributed by atoms with van der Waals surface area (Å²) in [6.07, 6.45) is 3.39. The number of rotatable bonds is 6. The van der Waals surface area contributed by atoms with Crippen molar-refractivity contribution in [1.82, 2.24) is 25.9 Å². The first kappa shape index (κ1) is 22.7. The highest BCUT2D eigenvalue weighted by molar-refractivity contribution is 6.31. The Bertz CT molecular complexity index is 1160. The van der Waals surface area contributed by atoms with Gasteiger partial charge < -0.3 is 21.7 Å². The Balaban J connectivity index is 1.49. The zero-order valence-corrected chi connectivity index (χ0v) is 18.7. The number of carbonyl (C=O) groups is 2. The van der Waals surface area contributed by atoms with Crippen LogP contribution in [0.2, 0.25) is 5.02 Å². The van der Waals surface area contributed by atoms with Crippen LogP contribution in [-0.2, 0) is 6.54 Å². The second-order valence-electron chi connectivity index (χ2n) is 7.86. The van der Waals surface area contributed by atoms with Crippen LogP contribution in [-0.4, -0.2) is 40.9 Å². The maximum absolute atomic E-state index is 12.7. The van der Waals surface area contributed by atoms with Crippen LogP contribution in [0.3, 0.4) is 0 Å². The number of piperidine rings is 1. The van der Waals surface area contributed by atoms with Crippen molar-refractivity contribution in [3.63, 3.8) is 0 Å². The number of nitrogens with two attached hydrogens (primary N) is 1. The molecule has 9 heteroatoms. The second kappa shape index (κ2) is 10.4. The summed E-state index contributed by atoms with van der Waals surface area (Å²) in [4.78, 5) is 34.0. The lowest BCUT2D eigenvalue weighted by molar-refractivity contribution is 0.0923. The van der Waals surface area contributed by atoms with Crippen LogP contribution in [0.15, 0.2) is 54.7 Å². The minimum absolute atomic E-state index is 0.0289. The average molecular weight is 465 g/mol. The minimum Gasteiger partial charge on any atom is -0.382 e. The van der Waals surface area contributed by atoms with Crippen molar-refractivity contribution in [3.05, 3.63) is 76.6 Å². The molecule has 4 rings (SSSR count). The smallest absolute Gasteiger partial charge is 0.274 e. The van der Waals surface area contributed by atoms with E-state index in [1.54, 1.807) is 30.3 Å². The van der Waals surface area contributed by atoms with E-state index in [1.165, 1.54) is 6.20 Å². The van der Waals surface area contributed by atoms with E-state index in [1.807, 2.05) is 18.2 Å². The summed E-state index contributed by atoms with van der Waals surface area (Å²) in [6.45, 7) is 1.97. The van der Waals surface area contributed by atoms with Crippen molar-refractivity contribution in [2.75, 3.05) is 18.8 Å². The zero-order valence-electron chi connectivity index (χ0n) is 18.0. The Morgan fingerprint density at radius 1 is 1.15 bits per heavy atom. The molecule has 3 aromatic rings. The molecule has 0 radical (unpaired) electrons. The lowest BCUT2D eigenvalue weighted by atomic mass is 10.1. The lowest BCUT2D eigenvalue weighted by Gasteiger charge is -2.23. The highest BCUT2D eigenvalue weighted by Gasteiger charge is 2.20. The lowest BCUT2D eigenvalue weighted by Crippen LogP contribution is -2.46. The van der Waals surface area contributed by atoms with Gasteiger partial charge in [-0.25, -0.2) is 9.97 Å². The van der Waals surface area contributed by atoms with E-state index < -0.39 is 0 Å². The van der Waals surface area contributed by atoms with E-state index in [9.17, 15) is 9.59 Å². The third kappa shape index (κ3) is 5.66. The molecular weight excluding hydrogens is 440 g/mol. The van der Waals surface area contributed by atoms with Gasteiger partial charge in [0.15, 0.2) is 11.5 Å². The molecule has 2 amide bonds. The van der Waals surface area contributed by atoms with Gasteiger partial charge in [0, 0.05) is 35.3 Å². The van der Waals surface area contributed by atoms with Gasteiger partial charge in [0.25, 0.3) is 11.8 Å². The molecule has 1 aromatic heterocycles. The molecule has 1 atom stereocenters. The first-order chi connectivity index (χ1) is 16.0. The van der Waals surface area contributed by atoms with Gasteiger partial charge in [-0.05, 0) is 43.1 Å². The molecule has 1 fully saturated rings. The average Bonchev–Trinajstić information content (AvgIpc) is 2.84. The van der Waals surface area contributed by atoms with Crippen molar-refractivity contribution in [1.29, 1.82) is 0 Å². The highest BCUT2D eigenvalue weighted by atomic mass is 35.5. The number of anilines is 1. The zero-order chi connectivity index (χ0) is 23.2. The summed E-state index contributed by atoms with van der Waals surface area (Å²) in [6, 6.07) is 14.3. The topological polar surface area (TPSA) is 122 Å². The number of halogens is 1. The summed E-state index contributed by atoms with van der Waals surface area (Å²) in [5.41, 5.74) is 8.41. The largest absolute Gasteiger partial charge is 0.382 e. The molecule has 1 aliphatic heterocycles. The summed E-state index contributed by atoms with van der Waals surface area (Å²) >= 11 is 6.16. The van der Waals surface area contributed by atoms with Gasteiger partial charge in [0.1, 0.15) is 0 Å². The van der Waals surface area contributed by atoms with Crippen LogP contribution in [0, 0.1) is 0 Å². The van der Waals surface area contributed by atoms with Crippen LogP contribution >= 0.6 is 11.6 Å². The van der Waals surface area contributed by atoms with Crippen LogP contribution in [0.5, 0.6) is 0 Å². The summed E-state index contributed by atoms with van der Waals surface area (Å²) < 4.78 is 0. The maximum Gasteiger partial charge on any atom is 0.274 e. The first-order valence-corrected chi connectivity index (χ1v) is 11.1. The molecule has 5 N–H and O–H groups in total. The fourth-order valence-electron chi connectivity index (χ4n) is 3.67. The fraction of sp³-hybridized carbons (Fsp3) is 0.250. The Labute approximate surface area is 197 Å². The Morgan fingerprint density at radius 2 is 2.00 bits per heavy atom. The molecule has 2 heterocycles. The van der Waals surface area contributed by atoms with Gasteiger partial charge in [0.05, 0.1) is 11.9 Å². The third-order valence-electron chi connectivity index (χ3n) is 5.47. The number of amides is 2. The first-order valence-electron chi connectivity index (χ1n) is 10.8. The van der Waals surface area contributed by atoms with Crippen molar-refractivity contribution >= 4 is 29.2 Å². The number of nitrogen functional groups attached to an aromatic ring is 1. The molecule has 170 valence electrons. The Morgan fingerprint density at radius 3 is 2.79 bits per heavy atom. The molecular formula is C24H25ClN6O2. The number of carbonyl (C=O) groups excluding carboxylic acids is 2.